The van der Waals surface area contributed by atoms with E-state index in [4.69, 9.17) is 0 Å². The molecule has 4 heteroatoms. The third-order valence-corrected chi connectivity index (χ3v) is 4.23. The first kappa shape index (κ1) is 18.1. The normalized spacial score (nSPS) is 12.5. The van der Waals surface area contributed by atoms with Gasteiger partial charge in [0.2, 0.25) is 5.91 Å². The number of hydrogen-bond donors (Lipinski definition) is 1. The molecule has 0 aliphatic carbocycles. The van der Waals surface area contributed by atoms with Gasteiger partial charge in [-0.15, -0.1) is 0 Å². The Bertz CT molecular complexity index is 665. The van der Waals surface area contributed by atoms with Crippen molar-refractivity contribution in [2.24, 2.45) is 0 Å². The molecule has 0 fully saturated rings. The molecule has 0 saturated heterocycles. The van der Waals surface area contributed by atoms with E-state index in [9.17, 15) is 9.18 Å². The minimum atomic E-state index is -0.292. The number of nitrogens with zero attached hydrogens (tertiary/aromatic N) is 1. The van der Waals surface area contributed by atoms with Crippen LogP contribution in [0.3, 0.4) is 0 Å². The van der Waals surface area contributed by atoms with Gasteiger partial charge >= 0.3 is 0 Å². The van der Waals surface area contributed by atoms with Crippen LogP contribution < -0.4 is 5.32 Å². The summed E-state index contributed by atoms with van der Waals surface area (Å²) >= 11 is 0. The molecule has 3 nitrogen and oxygen atoms in total. The Hall–Kier alpha value is -2.20. The Labute approximate surface area is 143 Å². The Morgan fingerprint density at radius 3 is 2.17 bits per heavy atom. The van der Waals surface area contributed by atoms with Crippen LogP contribution in [0.25, 0.3) is 0 Å². The van der Waals surface area contributed by atoms with Gasteiger partial charge in [-0.05, 0) is 55.3 Å². The lowest BCUT2D eigenvalue weighted by Gasteiger charge is -2.24. The SMILES string of the molecule is CC(C)c1ccc(NC(=O)[C@H](C)N(C)Cc2ccc(F)cc2)cc1. The monoisotopic (exact) mass is 328 g/mol. The minimum absolute atomic E-state index is 0.0584. The number of halogens is 1. The summed E-state index contributed by atoms with van der Waals surface area (Å²) in [4.78, 5) is 14.3. The fourth-order valence-electron chi connectivity index (χ4n) is 2.41. The van der Waals surface area contributed by atoms with E-state index in [1.165, 1.54) is 17.7 Å². The number of likely N-dealkylation sites (N-methyl/N-ethyl adjacent to an activating group) is 1. The lowest BCUT2D eigenvalue weighted by molar-refractivity contribution is -0.120. The average Bonchev–Trinajstić information content (AvgIpc) is 2.56. The molecule has 24 heavy (non-hydrogen) atoms. The van der Waals surface area contributed by atoms with Crippen molar-refractivity contribution in [3.63, 3.8) is 0 Å². The molecule has 0 saturated carbocycles. The molecule has 1 N–H and O–H groups in total. The maximum atomic E-state index is 13.0. The summed E-state index contributed by atoms with van der Waals surface area (Å²) < 4.78 is 13.0. The van der Waals surface area contributed by atoms with E-state index >= 15 is 0 Å². The van der Waals surface area contributed by atoms with Gasteiger partial charge in [0.15, 0.2) is 0 Å². The van der Waals surface area contributed by atoms with Crippen LogP contribution in [-0.2, 0) is 11.3 Å². The summed E-state index contributed by atoms with van der Waals surface area (Å²) in [6, 6.07) is 14.0. The first-order chi connectivity index (χ1) is 11.4. The zero-order valence-electron chi connectivity index (χ0n) is 14.7. The zero-order valence-corrected chi connectivity index (χ0v) is 14.7. The maximum Gasteiger partial charge on any atom is 0.241 e. The van der Waals surface area contributed by atoms with E-state index in [2.05, 4.69) is 19.2 Å². The van der Waals surface area contributed by atoms with E-state index in [0.29, 0.717) is 12.5 Å². The Morgan fingerprint density at radius 2 is 1.62 bits per heavy atom. The fourth-order valence-corrected chi connectivity index (χ4v) is 2.41. The number of carbonyl (C=O) groups excluding carboxylic acids is 1. The lowest BCUT2D eigenvalue weighted by Crippen LogP contribution is -2.39. The number of benzene rings is 2. The summed E-state index contributed by atoms with van der Waals surface area (Å²) in [7, 11) is 1.88. The molecule has 0 radical (unpaired) electrons. The van der Waals surface area contributed by atoms with Gasteiger partial charge in [-0.3, -0.25) is 9.69 Å². The van der Waals surface area contributed by atoms with Crippen LogP contribution >= 0.6 is 0 Å². The largest absolute Gasteiger partial charge is 0.325 e. The van der Waals surface area contributed by atoms with Crippen molar-refractivity contribution in [3.8, 4) is 0 Å². The van der Waals surface area contributed by atoms with Gasteiger partial charge in [-0.25, -0.2) is 4.39 Å². The summed E-state index contributed by atoms with van der Waals surface area (Å²) in [5, 5.41) is 2.94. The van der Waals surface area contributed by atoms with Crippen LogP contribution in [0.2, 0.25) is 0 Å². The van der Waals surface area contributed by atoms with Crippen LogP contribution in [-0.4, -0.2) is 23.9 Å². The standard InChI is InChI=1S/C20H25FN2O/c1-14(2)17-7-11-19(12-8-17)22-20(24)15(3)23(4)13-16-5-9-18(21)10-6-16/h5-12,14-15H,13H2,1-4H3,(H,22,24)/t15-/m0/s1. The summed E-state index contributed by atoms with van der Waals surface area (Å²) in [6.07, 6.45) is 0. The molecule has 0 unspecified atom stereocenters. The van der Waals surface area contributed by atoms with Crippen molar-refractivity contribution in [2.45, 2.75) is 39.3 Å². The molecule has 2 rings (SSSR count). The van der Waals surface area contributed by atoms with E-state index in [0.717, 1.165) is 11.3 Å². The molecular weight excluding hydrogens is 303 g/mol. The van der Waals surface area contributed by atoms with Gasteiger partial charge in [0.05, 0.1) is 6.04 Å². The topological polar surface area (TPSA) is 32.3 Å². The lowest BCUT2D eigenvalue weighted by atomic mass is 10.0. The molecule has 1 amide bonds. The molecule has 0 aromatic heterocycles. The van der Waals surface area contributed by atoms with E-state index in [1.54, 1.807) is 12.1 Å². The van der Waals surface area contributed by atoms with Crippen LogP contribution in [0.5, 0.6) is 0 Å². The van der Waals surface area contributed by atoms with Gasteiger partial charge in [-0.2, -0.15) is 0 Å². The highest BCUT2D eigenvalue weighted by atomic mass is 19.1. The number of amides is 1. The highest BCUT2D eigenvalue weighted by Crippen LogP contribution is 2.17. The van der Waals surface area contributed by atoms with Crippen molar-refractivity contribution in [1.29, 1.82) is 0 Å². The quantitative estimate of drug-likeness (QED) is 0.852. The highest BCUT2D eigenvalue weighted by molar-refractivity contribution is 5.94. The smallest absolute Gasteiger partial charge is 0.241 e. The van der Waals surface area contributed by atoms with Crippen molar-refractivity contribution < 1.29 is 9.18 Å². The van der Waals surface area contributed by atoms with Gasteiger partial charge in [0.1, 0.15) is 5.82 Å². The minimum Gasteiger partial charge on any atom is -0.325 e. The van der Waals surface area contributed by atoms with E-state index in [1.807, 2.05) is 43.1 Å². The van der Waals surface area contributed by atoms with Crippen molar-refractivity contribution in [3.05, 3.63) is 65.5 Å². The zero-order chi connectivity index (χ0) is 17.7. The molecule has 1 atom stereocenters. The second kappa shape index (κ2) is 8.06. The third-order valence-electron chi connectivity index (χ3n) is 4.23. The molecule has 0 bridgehead atoms. The predicted molar refractivity (Wildman–Crippen MR) is 96.5 cm³/mol. The van der Waals surface area contributed by atoms with Crippen molar-refractivity contribution >= 4 is 11.6 Å². The molecule has 0 aliphatic rings. The number of nitrogens with one attached hydrogen (secondary N) is 1. The van der Waals surface area contributed by atoms with Crippen LogP contribution in [0, 0.1) is 5.82 Å². The summed E-state index contributed by atoms with van der Waals surface area (Å²) in [5.74, 6) is 0.157. The number of anilines is 1. The van der Waals surface area contributed by atoms with Crippen molar-refractivity contribution in [1.82, 2.24) is 4.90 Å². The van der Waals surface area contributed by atoms with Crippen molar-refractivity contribution in [2.75, 3.05) is 12.4 Å². The molecule has 128 valence electrons. The van der Waals surface area contributed by atoms with E-state index in [-0.39, 0.29) is 17.8 Å². The Kier molecular flexibility index (Phi) is 6.10. The molecule has 0 heterocycles. The van der Waals surface area contributed by atoms with Crippen LogP contribution in [0.4, 0.5) is 10.1 Å². The molecule has 0 spiro atoms. The van der Waals surface area contributed by atoms with Gasteiger partial charge < -0.3 is 5.32 Å². The second-order valence-corrected chi connectivity index (χ2v) is 6.48. The van der Waals surface area contributed by atoms with Crippen LogP contribution in [0.15, 0.2) is 48.5 Å². The Balaban J connectivity index is 1.94. The number of carbonyl (C=O) groups is 1. The molecule has 2 aromatic rings. The summed E-state index contributed by atoms with van der Waals surface area (Å²) in [6.45, 7) is 6.72. The molecule has 2 aromatic carbocycles. The number of hydrogen-bond acceptors (Lipinski definition) is 2. The van der Waals surface area contributed by atoms with E-state index < -0.39 is 0 Å². The van der Waals surface area contributed by atoms with Gasteiger partial charge in [-0.1, -0.05) is 38.1 Å². The first-order valence-electron chi connectivity index (χ1n) is 8.22. The van der Waals surface area contributed by atoms with Gasteiger partial charge in [0, 0.05) is 12.2 Å². The second-order valence-electron chi connectivity index (χ2n) is 6.48. The molecular formula is C20H25FN2O. The third kappa shape index (κ3) is 4.90. The first-order valence-corrected chi connectivity index (χ1v) is 8.22. The molecule has 0 aliphatic heterocycles. The summed E-state index contributed by atoms with van der Waals surface area (Å²) in [5.41, 5.74) is 3.01. The van der Waals surface area contributed by atoms with Crippen LogP contribution in [0.1, 0.15) is 37.8 Å². The highest BCUT2D eigenvalue weighted by Gasteiger charge is 2.18. The number of rotatable bonds is 6. The fraction of sp³-hybridized carbons (Fsp3) is 0.350. The maximum absolute atomic E-state index is 13.0. The Morgan fingerprint density at radius 1 is 1.04 bits per heavy atom. The predicted octanol–water partition coefficient (Wildman–Crippen LogP) is 4.41. The van der Waals surface area contributed by atoms with Gasteiger partial charge in [0.25, 0.3) is 0 Å². The average molecular weight is 328 g/mol.